The number of hydrogen-bond donors (Lipinski definition) is 8. The van der Waals surface area contributed by atoms with E-state index >= 15 is 0 Å². The molecule has 0 bridgehead atoms. The van der Waals surface area contributed by atoms with Gasteiger partial charge in [-0.05, 0) is 85.8 Å². The van der Waals surface area contributed by atoms with Gasteiger partial charge < -0.3 is 74.6 Å². The van der Waals surface area contributed by atoms with Crippen molar-refractivity contribution in [3.05, 3.63) is 95.1 Å². The molecule has 15 atom stereocenters. The van der Waals surface area contributed by atoms with Gasteiger partial charge in [-0.2, -0.15) is 0 Å². The Bertz CT molecular complexity index is 2990. The molecular formula is C58H66N4O20. The third-order valence-corrected chi connectivity index (χ3v) is 18.4. The Morgan fingerprint density at radius 1 is 0.854 bits per heavy atom. The Balaban J connectivity index is 0.670. The number of carbonyl (C=O) groups excluding carboxylic acids is 7. The van der Waals surface area contributed by atoms with E-state index in [1.165, 1.54) is 18.2 Å². The van der Waals surface area contributed by atoms with Crippen LogP contribution in [0.2, 0.25) is 0 Å². The van der Waals surface area contributed by atoms with Crippen molar-refractivity contribution in [3.8, 4) is 5.75 Å². The normalized spacial score (nSPS) is 34.8. The molecule has 4 saturated heterocycles. The zero-order valence-electron chi connectivity index (χ0n) is 44.8. The molecule has 7 fully saturated rings. The Morgan fingerprint density at radius 3 is 2.33 bits per heavy atom. The summed E-state index contributed by atoms with van der Waals surface area (Å²) in [5, 5.41) is 68.0. The van der Waals surface area contributed by atoms with E-state index in [1.54, 1.807) is 17.1 Å². The highest BCUT2D eigenvalue weighted by Gasteiger charge is 2.70. The molecule has 82 heavy (non-hydrogen) atoms. The number of imide groups is 1. The number of hydrogen-bond acceptors (Lipinski definition) is 19. The third-order valence-electron chi connectivity index (χ3n) is 18.4. The van der Waals surface area contributed by atoms with E-state index in [-0.39, 0.29) is 84.9 Å². The number of carboxylic acid groups (broad SMARTS) is 1. The molecule has 2 aromatic carbocycles. The average molecular weight is 1140 g/mol. The van der Waals surface area contributed by atoms with Crippen molar-refractivity contribution in [1.82, 2.24) is 15.1 Å². The summed E-state index contributed by atoms with van der Waals surface area (Å²) in [4.78, 5) is 103. The van der Waals surface area contributed by atoms with Gasteiger partial charge in [-0.3, -0.25) is 33.7 Å². The van der Waals surface area contributed by atoms with E-state index in [9.17, 15) is 69.0 Å². The van der Waals surface area contributed by atoms with Crippen LogP contribution in [-0.4, -0.2) is 182 Å². The van der Waals surface area contributed by atoms with Crippen LogP contribution in [0.3, 0.4) is 0 Å². The molecule has 3 saturated carbocycles. The number of fused-ring (bicyclic) bond motifs is 7. The maximum absolute atomic E-state index is 13.8. The second-order valence-corrected chi connectivity index (χ2v) is 23.4. The first kappa shape index (κ1) is 57.1. The number of carbonyl (C=O) groups is 8. The number of Topliss-reactive ketones (excluding diaryl/α,β-unsaturated/α-hetero) is 1. The van der Waals surface area contributed by atoms with Gasteiger partial charge >= 0.3 is 12.1 Å². The smallest absolute Gasteiger partial charge is 0.410 e. The van der Waals surface area contributed by atoms with E-state index in [4.69, 9.17) is 28.4 Å². The second kappa shape index (κ2) is 22.4. The molecule has 9 aliphatic rings. The summed E-state index contributed by atoms with van der Waals surface area (Å²) in [6, 6.07) is 11.9. The number of amides is 5. The van der Waals surface area contributed by atoms with Crippen LogP contribution in [0, 0.1) is 34.5 Å². The summed E-state index contributed by atoms with van der Waals surface area (Å²) >= 11 is 0. The number of carboxylic acids is 1. The predicted octanol–water partition coefficient (Wildman–Crippen LogP) is 0.900. The molecule has 2 aromatic rings. The molecule has 24 nitrogen and oxygen atoms in total. The number of nitrogens with one attached hydrogen (secondary N) is 2. The second-order valence-electron chi connectivity index (χ2n) is 23.4. The fraction of sp³-hybridized carbons (Fsp3) is 0.552. The number of allylic oxidation sites excluding steroid dienone is 4. The van der Waals surface area contributed by atoms with Crippen molar-refractivity contribution in [2.24, 2.45) is 34.5 Å². The highest BCUT2D eigenvalue weighted by atomic mass is 16.7. The summed E-state index contributed by atoms with van der Waals surface area (Å²) in [6.45, 7) is 1.96. The molecule has 1 spiro atoms. The molecule has 11 rings (SSSR count). The maximum Gasteiger partial charge on any atom is 0.410 e. The van der Waals surface area contributed by atoms with Gasteiger partial charge in [0.2, 0.25) is 18.1 Å². The molecule has 5 amide bonds. The fourth-order valence-corrected chi connectivity index (χ4v) is 14.4. The molecule has 24 heteroatoms. The number of ketones is 2. The minimum Gasteiger partial charge on any atom is -0.479 e. The molecule has 0 radical (unpaired) electrons. The molecule has 4 aliphatic carbocycles. The minimum absolute atomic E-state index is 0.0202. The highest BCUT2D eigenvalue weighted by molar-refractivity contribution is 6.13. The summed E-state index contributed by atoms with van der Waals surface area (Å²) < 4.78 is 36.2. The first-order valence-corrected chi connectivity index (χ1v) is 27.7. The summed E-state index contributed by atoms with van der Waals surface area (Å²) in [5.74, 6) is -4.97. The molecule has 2 unspecified atom stereocenters. The number of aliphatic carboxylic acids is 1. The van der Waals surface area contributed by atoms with Crippen molar-refractivity contribution in [2.75, 3.05) is 44.7 Å². The zero-order valence-corrected chi connectivity index (χ0v) is 44.8. The zero-order chi connectivity index (χ0) is 58.0. The van der Waals surface area contributed by atoms with Gasteiger partial charge in [0.05, 0.1) is 30.6 Å². The van der Waals surface area contributed by atoms with Crippen molar-refractivity contribution < 1.29 is 97.4 Å². The SMILES string of the molecule is C[C@]12C=CC(=O)C=C1CC[C@@H]1[C@@H]2[C@@H](O)CC2[C@H]1C[C@H]1O[C@@H](c3ccc(CC4CC5(CO4)CN(C(=O)OCc4ccc(O[C@@H]6O[C@H](C(=O)O)[C@@H](O)[C@H](O)[C@H]6O)c(NC(=O)CCNC(=O)CCN6C(=O)C=CC6=O)c4)C5)cc3)O[C@@]21C(=O)CO. The topological polar surface area (TPSA) is 344 Å². The number of aliphatic hydroxyl groups is 5. The number of anilines is 1. The van der Waals surface area contributed by atoms with Crippen LogP contribution in [0.4, 0.5) is 10.5 Å². The van der Waals surface area contributed by atoms with Crippen molar-refractivity contribution >= 4 is 52.9 Å². The van der Waals surface area contributed by atoms with Gasteiger partial charge in [0.15, 0.2) is 29.6 Å². The summed E-state index contributed by atoms with van der Waals surface area (Å²) in [7, 11) is 0. The average Bonchev–Trinajstić information content (AvgIpc) is 1.81. The quantitative estimate of drug-likeness (QED) is 0.102. The van der Waals surface area contributed by atoms with Crippen LogP contribution < -0.4 is 15.4 Å². The number of aliphatic hydroxyl groups excluding tert-OH is 5. The fourth-order valence-electron chi connectivity index (χ4n) is 14.4. The van der Waals surface area contributed by atoms with Gasteiger partial charge in [-0.25, -0.2) is 9.59 Å². The van der Waals surface area contributed by atoms with Gasteiger partial charge in [0.1, 0.15) is 37.3 Å². The lowest BCUT2D eigenvalue weighted by atomic mass is 9.49. The number of ether oxygens (including phenoxy) is 6. The van der Waals surface area contributed by atoms with Gasteiger partial charge in [-0.1, -0.05) is 48.9 Å². The lowest BCUT2D eigenvalue weighted by Gasteiger charge is -2.56. The van der Waals surface area contributed by atoms with Crippen molar-refractivity contribution in [1.29, 1.82) is 0 Å². The number of benzene rings is 2. The predicted molar refractivity (Wildman–Crippen MR) is 279 cm³/mol. The molecule has 438 valence electrons. The van der Waals surface area contributed by atoms with E-state index in [0.29, 0.717) is 56.5 Å². The van der Waals surface area contributed by atoms with Crippen LogP contribution in [0.25, 0.3) is 0 Å². The molecular weight excluding hydrogens is 1070 g/mol. The molecule has 5 heterocycles. The highest BCUT2D eigenvalue weighted by Crippen LogP contribution is 2.65. The van der Waals surface area contributed by atoms with E-state index in [0.717, 1.165) is 41.0 Å². The Hall–Kier alpha value is -6.74. The monoisotopic (exact) mass is 1140 g/mol. The number of likely N-dealkylation sites (tertiary alicyclic amines) is 1. The first-order chi connectivity index (χ1) is 39.2. The Kier molecular flexibility index (Phi) is 15.6. The number of nitrogens with zero attached hydrogens (tertiary/aromatic N) is 2. The minimum atomic E-state index is -1.99. The van der Waals surface area contributed by atoms with Crippen LogP contribution >= 0.6 is 0 Å². The van der Waals surface area contributed by atoms with Crippen LogP contribution in [0.15, 0.2) is 78.4 Å². The maximum atomic E-state index is 13.8. The van der Waals surface area contributed by atoms with E-state index in [1.807, 2.05) is 30.3 Å². The van der Waals surface area contributed by atoms with Crippen molar-refractivity contribution in [3.63, 3.8) is 0 Å². The first-order valence-electron chi connectivity index (χ1n) is 27.7. The Labute approximate surface area is 470 Å². The van der Waals surface area contributed by atoms with Crippen LogP contribution in [0.5, 0.6) is 5.75 Å². The van der Waals surface area contributed by atoms with Crippen molar-refractivity contribution in [2.45, 2.75) is 126 Å². The van der Waals surface area contributed by atoms with Gasteiger partial charge in [0.25, 0.3) is 11.8 Å². The molecule has 0 aromatic heterocycles. The lowest BCUT2D eigenvalue weighted by Crippen LogP contribution is -2.61. The van der Waals surface area contributed by atoms with Crippen LogP contribution in [0.1, 0.15) is 74.8 Å². The van der Waals surface area contributed by atoms with E-state index < -0.39 is 108 Å². The van der Waals surface area contributed by atoms with E-state index in [2.05, 4.69) is 17.6 Å². The molecule has 5 aliphatic heterocycles. The molecule has 8 N–H and O–H groups in total. The summed E-state index contributed by atoms with van der Waals surface area (Å²) in [5.41, 5.74) is 0.878. The van der Waals surface area contributed by atoms with Gasteiger partial charge in [0, 0.05) is 79.4 Å². The Morgan fingerprint density at radius 2 is 1.60 bits per heavy atom. The van der Waals surface area contributed by atoms with Crippen LogP contribution in [-0.2, 0) is 70.3 Å². The third kappa shape index (κ3) is 10.6. The number of rotatable bonds is 17. The summed E-state index contributed by atoms with van der Waals surface area (Å²) in [6.07, 6.45) is -2.12. The lowest BCUT2D eigenvalue weighted by molar-refractivity contribution is -0.271. The van der Waals surface area contributed by atoms with Gasteiger partial charge in [-0.15, -0.1) is 0 Å². The largest absolute Gasteiger partial charge is 0.479 e. The standard InChI is InChI=1S/C58H66N4O20/c1-56-15-12-33(64)20-32(56)7-8-35-36-21-42-58(41(66)24-63,37(36)22-39(65)47(35)56)82-53(80-42)31-5-2-29(3-6-31)18-34-23-57(28-78-34)26-61(27-57)55(76)77-25-30-4-9-40(79-54-50(73)48(71)49(72)51(81-54)52(74)75)38(19-30)60-44(68)13-16-59-43(67)14-17-62-45(69)10-11-46(62)70/h2-6,9-12,15,19-20,34-37,39,42,47-51,53-54,63,65,71-73H,7-8,13-14,16-18,21-28H2,1H3,(H,59,67)(H,60,68)(H,74,75)/t34?,35-,36-,37?,39-,42+,47+,48-,49-,50+,51-,53+,54+,56-,58+/m0/s1.